The first-order chi connectivity index (χ1) is 10.1. The van der Waals surface area contributed by atoms with Gasteiger partial charge < -0.3 is 4.74 Å². The molecule has 0 saturated carbocycles. The van der Waals surface area contributed by atoms with Crippen molar-refractivity contribution < 1.29 is 4.74 Å². The summed E-state index contributed by atoms with van der Waals surface area (Å²) in [6, 6.07) is 0. The summed E-state index contributed by atoms with van der Waals surface area (Å²) in [6.07, 6.45) is 3.66. The van der Waals surface area contributed by atoms with Crippen LogP contribution in [0, 0.1) is 19.3 Å². The van der Waals surface area contributed by atoms with Crippen LogP contribution < -0.4 is 5.56 Å². The maximum atomic E-state index is 12.8. The average molecular weight is 371 g/mol. The summed E-state index contributed by atoms with van der Waals surface area (Å²) in [5.74, 6) is 0. The van der Waals surface area contributed by atoms with Crippen LogP contribution in [0.25, 0.3) is 10.2 Å². The summed E-state index contributed by atoms with van der Waals surface area (Å²) >= 11 is 5.23. The Hall–Kier alpha value is -0.720. The summed E-state index contributed by atoms with van der Waals surface area (Å²) < 4.78 is 7.25. The SMILES string of the molecule is Cc1sc2ncn(CC3(CBr)CCOCC3)c(=O)c2c1C. The van der Waals surface area contributed by atoms with Crippen LogP contribution in [-0.2, 0) is 11.3 Å². The summed E-state index contributed by atoms with van der Waals surface area (Å²) in [4.78, 5) is 19.3. The van der Waals surface area contributed by atoms with Crippen molar-refractivity contribution in [3.05, 3.63) is 27.1 Å². The van der Waals surface area contributed by atoms with Crippen molar-refractivity contribution in [1.82, 2.24) is 9.55 Å². The smallest absolute Gasteiger partial charge is 0.262 e. The van der Waals surface area contributed by atoms with E-state index in [2.05, 4.69) is 20.9 Å². The Balaban J connectivity index is 2.02. The average Bonchev–Trinajstić information content (AvgIpc) is 2.79. The molecule has 1 saturated heterocycles. The molecule has 0 atom stereocenters. The predicted molar refractivity (Wildman–Crippen MR) is 89.6 cm³/mol. The van der Waals surface area contributed by atoms with Gasteiger partial charge in [-0.1, -0.05) is 15.9 Å². The lowest BCUT2D eigenvalue weighted by atomic mass is 9.82. The Morgan fingerprint density at radius 3 is 2.81 bits per heavy atom. The molecule has 1 fully saturated rings. The highest BCUT2D eigenvalue weighted by Crippen LogP contribution is 2.34. The highest BCUT2D eigenvalue weighted by molar-refractivity contribution is 9.09. The molecule has 0 bridgehead atoms. The lowest BCUT2D eigenvalue weighted by molar-refractivity contribution is 0.0181. The fourth-order valence-corrected chi connectivity index (χ4v) is 4.61. The Kier molecular flexibility index (Phi) is 4.21. The van der Waals surface area contributed by atoms with Crippen molar-refractivity contribution in [3.63, 3.8) is 0 Å². The molecule has 6 heteroatoms. The number of alkyl halides is 1. The van der Waals surface area contributed by atoms with Crippen molar-refractivity contribution in [1.29, 1.82) is 0 Å². The van der Waals surface area contributed by atoms with Crippen LogP contribution in [0.2, 0.25) is 0 Å². The normalized spacial score (nSPS) is 18.2. The van der Waals surface area contributed by atoms with Gasteiger partial charge in [-0.3, -0.25) is 9.36 Å². The van der Waals surface area contributed by atoms with Gasteiger partial charge in [-0.05, 0) is 32.3 Å². The minimum Gasteiger partial charge on any atom is -0.381 e. The predicted octanol–water partition coefficient (Wildman–Crippen LogP) is 3.27. The first-order valence-electron chi connectivity index (χ1n) is 7.15. The molecule has 0 amide bonds. The number of fused-ring (bicyclic) bond motifs is 1. The number of nitrogens with zero attached hydrogens (tertiary/aromatic N) is 2. The van der Waals surface area contributed by atoms with Gasteiger partial charge in [0.2, 0.25) is 0 Å². The van der Waals surface area contributed by atoms with Gasteiger partial charge in [0.1, 0.15) is 4.83 Å². The highest BCUT2D eigenvalue weighted by Gasteiger charge is 2.32. The van der Waals surface area contributed by atoms with Gasteiger partial charge in [0, 0.05) is 35.4 Å². The van der Waals surface area contributed by atoms with E-state index in [0.717, 1.165) is 47.2 Å². The van der Waals surface area contributed by atoms with E-state index in [-0.39, 0.29) is 11.0 Å². The Morgan fingerprint density at radius 1 is 1.43 bits per heavy atom. The Labute approximate surface area is 136 Å². The number of aryl methyl sites for hydroxylation is 2. The topological polar surface area (TPSA) is 44.1 Å². The van der Waals surface area contributed by atoms with Crippen molar-refractivity contribution >= 4 is 37.5 Å². The minimum atomic E-state index is 0.0914. The van der Waals surface area contributed by atoms with Crippen LogP contribution >= 0.6 is 27.3 Å². The highest BCUT2D eigenvalue weighted by atomic mass is 79.9. The second kappa shape index (κ2) is 5.82. The van der Waals surface area contributed by atoms with E-state index in [1.807, 2.05) is 13.8 Å². The molecule has 2 aromatic heterocycles. The molecule has 2 aromatic rings. The first kappa shape index (κ1) is 15.2. The van der Waals surface area contributed by atoms with Gasteiger partial charge in [-0.15, -0.1) is 11.3 Å². The first-order valence-corrected chi connectivity index (χ1v) is 9.09. The third kappa shape index (κ3) is 2.69. The zero-order valence-electron chi connectivity index (χ0n) is 12.3. The molecule has 3 rings (SSSR count). The standard InChI is InChI=1S/C15H19BrN2O2S/c1-10-11(2)21-13-12(10)14(19)18(9-17-13)8-15(7-16)3-5-20-6-4-15/h9H,3-8H2,1-2H3. The van der Waals surface area contributed by atoms with Crippen LogP contribution in [0.1, 0.15) is 23.3 Å². The maximum Gasteiger partial charge on any atom is 0.262 e. The van der Waals surface area contributed by atoms with Crippen molar-refractivity contribution in [2.75, 3.05) is 18.5 Å². The molecule has 1 aliphatic rings. The van der Waals surface area contributed by atoms with Gasteiger partial charge in [0.05, 0.1) is 11.7 Å². The molecule has 0 N–H and O–H groups in total. The van der Waals surface area contributed by atoms with E-state index in [4.69, 9.17) is 4.74 Å². The lowest BCUT2D eigenvalue weighted by Crippen LogP contribution is -2.38. The van der Waals surface area contributed by atoms with Crippen molar-refractivity contribution in [2.45, 2.75) is 33.2 Å². The minimum absolute atomic E-state index is 0.0914. The third-order valence-corrected chi connectivity index (χ3v) is 6.80. The van der Waals surface area contributed by atoms with Crippen molar-refractivity contribution in [3.8, 4) is 0 Å². The molecule has 3 heterocycles. The van der Waals surface area contributed by atoms with Gasteiger partial charge >= 0.3 is 0 Å². The summed E-state index contributed by atoms with van der Waals surface area (Å²) in [6.45, 7) is 6.30. The van der Waals surface area contributed by atoms with E-state index >= 15 is 0 Å². The number of thiophene rings is 1. The number of hydrogen-bond acceptors (Lipinski definition) is 4. The van der Waals surface area contributed by atoms with Gasteiger partial charge in [-0.25, -0.2) is 4.98 Å². The molecule has 114 valence electrons. The van der Waals surface area contributed by atoms with E-state index in [0.29, 0.717) is 6.54 Å². The molecular formula is C15H19BrN2O2S. The van der Waals surface area contributed by atoms with Crippen LogP contribution in [0.3, 0.4) is 0 Å². The van der Waals surface area contributed by atoms with Gasteiger partial charge in [0.25, 0.3) is 5.56 Å². The fraction of sp³-hybridized carbons (Fsp3) is 0.600. The summed E-state index contributed by atoms with van der Waals surface area (Å²) in [5.41, 5.74) is 1.26. The van der Waals surface area contributed by atoms with Crippen LogP contribution in [-0.4, -0.2) is 28.1 Å². The van der Waals surface area contributed by atoms with E-state index < -0.39 is 0 Å². The quantitative estimate of drug-likeness (QED) is 0.778. The third-order valence-electron chi connectivity index (χ3n) is 4.50. The monoisotopic (exact) mass is 370 g/mol. The number of halogens is 1. The molecule has 21 heavy (non-hydrogen) atoms. The van der Waals surface area contributed by atoms with Gasteiger partial charge in [0.15, 0.2) is 0 Å². The molecule has 0 radical (unpaired) electrons. The Morgan fingerprint density at radius 2 is 2.14 bits per heavy atom. The number of hydrogen-bond donors (Lipinski definition) is 0. The van der Waals surface area contributed by atoms with Gasteiger partial charge in [-0.2, -0.15) is 0 Å². The van der Waals surface area contributed by atoms with E-state index in [1.54, 1.807) is 22.2 Å². The number of aromatic nitrogens is 2. The molecular weight excluding hydrogens is 352 g/mol. The molecule has 0 spiro atoms. The molecule has 0 unspecified atom stereocenters. The zero-order chi connectivity index (χ0) is 15.0. The molecule has 4 nitrogen and oxygen atoms in total. The van der Waals surface area contributed by atoms with Crippen LogP contribution in [0.15, 0.2) is 11.1 Å². The number of ether oxygens (including phenoxy) is 1. The van der Waals surface area contributed by atoms with Crippen LogP contribution in [0.4, 0.5) is 0 Å². The summed E-state index contributed by atoms with van der Waals surface area (Å²) in [5, 5.41) is 1.67. The summed E-state index contributed by atoms with van der Waals surface area (Å²) in [7, 11) is 0. The molecule has 0 aromatic carbocycles. The van der Waals surface area contributed by atoms with Crippen LogP contribution in [0.5, 0.6) is 0 Å². The maximum absolute atomic E-state index is 12.8. The zero-order valence-corrected chi connectivity index (χ0v) is 14.7. The second-order valence-electron chi connectivity index (χ2n) is 5.89. The molecule has 1 aliphatic heterocycles. The lowest BCUT2D eigenvalue weighted by Gasteiger charge is -2.35. The number of rotatable bonds is 3. The van der Waals surface area contributed by atoms with E-state index in [9.17, 15) is 4.79 Å². The fourth-order valence-electron chi connectivity index (χ4n) is 2.88. The Bertz CT molecular complexity index is 716. The second-order valence-corrected chi connectivity index (χ2v) is 7.65. The van der Waals surface area contributed by atoms with Crippen molar-refractivity contribution in [2.24, 2.45) is 5.41 Å². The van der Waals surface area contributed by atoms with E-state index in [1.165, 1.54) is 4.88 Å². The largest absolute Gasteiger partial charge is 0.381 e. The molecule has 0 aliphatic carbocycles.